The molecule has 1 aromatic rings. The lowest BCUT2D eigenvalue weighted by Crippen LogP contribution is -2.36. The Labute approximate surface area is 115 Å². The number of aromatic carboxylic acids is 1. The summed E-state index contributed by atoms with van der Waals surface area (Å²) in [6.07, 6.45) is 3.72. The standard InChI is InChI=1S/C16H23NO2/c1-12(2)11-17-10-4-3-5-15(17)13-6-8-14(9-7-13)16(18)19/h6-9,12,15H,3-5,10-11H2,1-2H3,(H,18,19). The molecule has 0 aliphatic carbocycles. The Bertz CT molecular complexity index is 425. The second-order valence-electron chi connectivity index (χ2n) is 5.83. The number of benzene rings is 1. The molecule has 3 nitrogen and oxygen atoms in total. The summed E-state index contributed by atoms with van der Waals surface area (Å²) in [6, 6.07) is 7.86. The molecule has 0 spiro atoms. The van der Waals surface area contributed by atoms with Crippen LogP contribution in [-0.2, 0) is 0 Å². The van der Waals surface area contributed by atoms with Gasteiger partial charge in [0.2, 0.25) is 0 Å². The first kappa shape index (κ1) is 14.1. The summed E-state index contributed by atoms with van der Waals surface area (Å²) in [5.41, 5.74) is 1.63. The van der Waals surface area contributed by atoms with Gasteiger partial charge in [0, 0.05) is 12.6 Å². The highest BCUT2D eigenvalue weighted by atomic mass is 16.4. The highest BCUT2D eigenvalue weighted by molar-refractivity contribution is 5.87. The number of nitrogens with zero attached hydrogens (tertiary/aromatic N) is 1. The van der Waals surface area contributed by atoms with E-state index >= 15 is 0 Å². The summed E-state index contributed by atoms with van der Waals surface area (Å²) in [5.74, 6) is -0.187. The number of rotatable bonds is 4. The van der Waals surface area contributed by atoms with Crippen LogP contribution >= 0.6 is 0 Å². The van der Waals surface area contributed by atoms with Crippen LogP contribution in [0.15, 0.2) is 24.3 Å². The lowest BCUT2D eigenvalue weighted by atomic mass is 9.93. The van der Waals surface area contributed by atoms with Crippen LogP contribution in [0.5, 0.6) is 0 Å². The van der Waals surface area contributed by atoms with E-state index in [-0.39, 0.29) is 0 Å². The van der Waals surface area contributed by atoms with Gasteiger partial charge in [-0.15, -0.1) is 0 Å². The first-order valence-electron chi connectivity index (χ1n) is 7.15. The van der Waals surface area contributed by atoms with Gasteiger partial charge in [-0.25, -0.2) is 4.79 Å². The van der Waals surface area contributed by atoms with E-state index < -0.39 is 5.97 Å². The normalized spacial score (nSPS) is 20.7. The van der Waals surface area contributed by atoms with Crippen molar-refractivity contribution in [2.45, 2.75) is 39.2 Å². The van der Waals surface area contributed by atoms with Crippen LogP contribution in [0.1, 0.15) is 55.1 Å². The fraction of sp³-hybridized carbons (Fsp3) is 0.562. The third kappa shape index (κ3) is 3.57. The Balaban J connectivity index is 2.15. The number of carbonyl (C=O) groups is 1. The zero-order chi connectivity index (χ0) is 13.8. The molecule has 1 heterocycles. The second kappa shape index (κ2) is 6.20. The Kier molecular flexibility index (Phi) is 4.59. The van der Waals surface area contributed by atoms with E-state index in [0.717, 1.165) is 13.1 Å². The predicted molar refractivity (Wildman–Crippen MR) is 76.4 cm³/mol. The molecule has 1 fully saturated rings. The minimum absolute atomic E-state index is 0.370. The first-order chi connectivity index (χ1) is 9.08. The first-order valence-corrected chi connectivity index (χ1v) is 7.15. The van der Waals surface area contributed by atoms with Gasteiger partial charge < -0.3 is 5.11 Å². The predicted octanol–water partition coefficient (Wildman–Crippen LogP) is 3.57. The van der Waals surface area contributed by atoms with Crippen LogP contribution < -0.4 is 0 Å². The molecule has 0 aromatic heterocycles. The molecule has 0 bridgehead atoms. The molecule has 0 saturated carbocycles. The van der Waals surface area contributed by atoms with E-state index in [1.54, 1.807) is 12.1 Å². The van der Waals surface area contributed by atoms with Gasteiger partial charge in [0.1, 0.15) is 0 Å². The Hall–Kier alpha value is -1.35. The van der Waals surface area contributed by atoms with Crippen molar-refractivity contribution in [3.05, 3.63) is 35.4 Å². The van der Waals surface area contributed by atoms with Crippen molar-refractivity contribution in [3.8, 4) is 0 Å². The van der Waals surface area contributed by atoms with Gasteiger partial charge in [-0.05, 0) is 43.0 Å². The summed E-state index contributed by atoms with van der Waals surface area (Å²) in [7, 11) is 0. The van der Waals surface area contributed by atoms with Crippen molar-refractivity contribution in [2.75, 3.05) is 13.1 Å². The van der Waals surface area contributed by atoms with Crippen LogP contribution in [-0.4, -0.2) is 29.1 Å². The molecular formula is C16H23NO2. The van der Waals surface area contributed by atoms with E-state index in [2.05, 4.69) is 18.7 Å². The van der Waals surface area contributed by atoms with E-state index in [4.69, 9.17) is 5.11 Å². The number of likely N-dealkylation sites (tertiary alicyclic amines) is 1. The average molecular weight is 261 g/mol. The van der Waals surface area contributed by atoms with Crippen molar-refractivity contribution in [1.29, 1.82) is 0 Å². The number of hydrogen-bond donors (Lipinski definition) is 1. The van der Waals surface area contributed by atoms with Gasteiger partial charge in [0.05, 0.1) is 5.56 Å². The fourth-order valence-corrected chi connectivity index (χ4v) is 2.90. The largest absolute Gasteiger partial charge is 0.478 e. The van der Waals surface area contributed by atoms with E-state index in [1.165, 1.54) is 24.8 Å². The van der Waals surface area contributed by atoms with Gasteiger partial charge in [0.25, 0.3) is 0 Å². The van der Waals surface area contributed by atoms with Gasteiger partial charge >= 0.3 is 5.97 Å². The average Bonchev–Trinajstić information content (AvgIpc) is 2.39. The molecule has 0 radical (unpaired) electrons. The molecule has 1 saturated heterocycles. The maximum atomic E-state index is 10.9. The number of hydrogen-bond acceptors (Lipinski definition) is 2. The summed E-state index contributed by atoms with van der Waals surface area (Å²) in [4.78, 5) is 13.4. The minimum Gasteiger partial charge on any atom is -0.478 e. The second-order valence-corrected chi connectivity index (χ2v) is 5.83. The van der Waals surface area contributed by atoms with Gasteiger partial charge in [0.15, 0.2) is 0 Å². The van der Waals surface area contributed by atoms with Crippen molar-refractivity contribution in [3.63, 3.8) is 0 Å². The number of carboxylic acids is 1. The number of piperidine rings is 1. The molecule has 1 N–H and O–H groups in total. The smallest absolute Gasteiger partial charge is 0.335 e. The topological polar surface area (TPSA) is 40.5 Å². The van der Waals surface area contributed by atoms with E-state index in [1.807, 2.05) is 12.1 Å². The summed E-state index contributed by atoms with van der Waals surface area (Å²) >= 11 is 0. The summed E-state index contributed by atoms with van der Waals surface area (Å²) < 4.78 is 0. The number of carboxylic acid groups (broad SMARTS) is 1. The summed E-state index contributed by atoms with van der Waals surface area (Å²) in [6.45, 7) is 6.77. The van der Waals surface area contributed by atoms with Gasteiger partial charge in [-0.1, -0.05) is 32.4 Å². The van der Waals surface area contributed by atoms with E-state index in [0.29, 0.717) is 17.5 Å². The lowest BCUT2D eigenvalue weighted by molar-refractivity contribution is 0.0696. The molecule has 104 valence electrons. The Morgan fingerprint density at radius 3 is 2.58 bits per heavy atom. The Morgan fingerprint density at radius 1 is 1.32 bits per heavy atom. The SMILES string of the molecule is CC(C)CN1CCCCC1c1ccc(C(=O)O)cc1. The highest BCUT2D eigenvalue weighted by Gasteiger charge is 2.24. The summed E-state index contributed by atoms with van der Waals surface area (Å²) in [5, 5.41) is 8.95. The third-order valence-electron chi connectivity index (χ3n) is 3.76. The molecule has 0 amide bonds. The molecule has 1 aromatic carbocycles. The molecule has 1 aliphatic rings. The molecule has 1 aliphatic heterocycles. The molecule has 19 heavy (non-hydrogen) atoms. The van der Waals surface area contributed by atoms with Gasteiger partial charge in [-0.3, -0.25) is 4.90 Å². The minimum atomic E-state index is -0.853. The van der Waals surface area contributed by atoms with Gasteiger partial charge in [-0.2, -0.15) is 0 Å². The van der Waals surface area contributed by atoms with Crippen LogP contribution in [0.4, 0.5) is 0 Å². The maximum absolute atomic E-state index is 10.9. The monoisotopic (exact) mass is 261 g/mol. The molecular weight excluding hydrogens is 238 g/mol. The lowest BCUT2D eigenvalue weighted by Gasteiger charge is -2.37. The van der Waals surface area contributed by atoms with Crippen LogP contribution in [0, 0.1) is 5.92 Å². The van der Waals surface area contributed by atoms with Crippen LogP contribution in [0.2, 0.25) is 0 Å². The highest BCUT2D eigenvalue weighted by Crippen LogP contribution is 2.31. The molecule has 1 unspecified atom stereocenters. The zero-order valence-corrected chi connectivity index (χ0v) is 11.8. The van der Waals surface area contributed by atoms with Crippen molar-refractivity contribution in [2.24, 2.45) is 5.92 Å². The zero-order valence-electron chi connectivity index (χ0n) is 11.8. The fourth-order valence-electron chi connectivity index (χ4n) is 2.90. The third-order valence-corrected chi connectivity index (χ3v) is 3.76. The maximum Gasteiger partial charge on any atom is 0.335 e. The van der Waals surface area contributed by atoms with Crippen LogP contribution in [0.25, 0.3) is 0 Å². The van der Waals surface area contributed by atoms with Crippen molar-refractivity contribution < 1.29 is 9.90 Å². The van der Waals surface area contributed by atoms with Crippen molar-refractivity contribution >= 4 is 5.97 Å². The quantitative estimate of drug-likeness (QED) is 0.900. The molecule has 3 heteroatoms. The van der Waals surface area contributed by atoms with E-state index in [9.17, 15) is 4.79 Å². The van der Waals surface area contributed by atoms with Crippen LogP contribution in [0.3, 0.4) is 0 Å². The Morgan fingerprint density at radius 2 is 2.00 bits per heavy atom. The molecule has 1 atom stereocenters. The molecule has 2 rings (SSSR count). The van der Waals surface area contributed by atoms with Crippen molar-refractivity contribution in [1.82, 2.24) is 4.90 Å².